The van der Waals surface area contributed by atoms with Gasteiger partial charge in [-0.2, -0.15) is 0 Å². The normalized spacial score (nSPS) is 17.9. The zero-order valence-corrected chi connectivity index (χ0v) is 14.3. The van der Waals surface area contributed by atoms with Crippen LogP contribution in [0.4, 0.5) is 0 Å². The predicted octanol–water partition coefficient (Wildman–Crippen LogP) is 1.42. The molecule has 0 radical (unpaired) electrons. The number of aliphatic hydroxyl groups is 2. The summed E-state index contributed by atoms with van der Waals surface area (Å²) in [5.41, 5.74) is -0.107. The zero-order chi connectivity index (χ0) is 19.1. The maximum Gasteiger partial charge on any atom is 0.271 e. The lowest BCUT2D eigenvalue weighted by Gasteiger charge is -2.36. The molecule has 26 heavy (non-hydrogen) atoms. The van der Waals surface area contributed by atoms with Crippen LogP contribution in [0.5, 0.6) is 28.7 Å². The van der Waals surface area contributed by atoms with Gasteiger partial charge in [-0.15, -0.1) is 0 Å². The third-order valence-electron chi connectivity index (χ3n) is 4.17. The Morgan fingerprint density at radius 3 is 2.08 bits per heavy atom. The van der Waals surface area contributed by atoms with Crippen LogP contribution in [0.15, 0.2) is 30.3 Å². The van der Waals surface area contributed by atoms with Crippen LogP contribution in [0.1, 0.15) is 22.0 Å². The van der Waals surface area contributed by atoms with E-state index in [1.165, 1.54) is 21.3 Å². The van der Waals surface area contributed by atoms with E-state index < -0.39 is 29.0 Å². The average molecular weight is 362 g/mol. The Morgan fingerprint density at radius 1 is 0.962 bits per heavy atom. The molecule has 0 spiro atoms. The number of benzene rings is 2. The van der Waals surface area contributed by atoms with Crippen LogP contribution in [-0.2, 0) is 0 Å². The van der Waals surface area contributed by atoms with Gasteiger partial charge in [-0.25, -0.2) is 0 Å². The van der Waals surface area contributed by atoms with E-state index in [0.717, 1.165) is 0 Å². The third kappa shape index (κ3) is 2.42. The summed E-state index contributed by atoms with van der Waals surface area (Å²) in [4.78, 5) is 12.8. The van der Waals surface area contributed by atoms with Crippen LogP contribution in [0, 0.1) is 0 Å². The van der Waals surface area contributed by atoms with E-state index in [4.69, 9.17) is 18.9 Å². The summed E-state index contributed by atoms with van der Waals surface area (Å²) < 4.78 is 21.3. The summed E-state index contributed by atoms with van der Waals surface area (Å²) >= 11 is 0. The van der Waals surface area contributed by atoms with Crippen molar-refractivity contribution in [1.82, 2.24) is 0 Å². The Hall–Kier alpha value is -2.97. The van der Waals surface area contributed by atoms with Crippen molar-refractivity contribution in [3.05, 3.63) is 41.5 Å². The van der Waals surface area contributed by atoms with Gasteiger partial charge in [-0.05, 0) is 5.56 Å². The van der Waals surface area contributed by atoms with Crippen LogP contribution >= 0.6 is 0 Å². The summed E-state index contributed by atoms with van der Waals surface area (Å²) in [6, 6.07) is 8.23. The van der Waals surface area contributed by atoms with Gasteiger partial charge in [0.2, 0.25) is 23.0 Å². The Labute approximate surface area is 149 Å². The van der Waals surface area contributed by atoms with Crippen molar-refractivity contribution >= 4 is 5.78 Å². The molecule has 0 aliphatic carbocycles. The second-order valence-electron chi connectivity index (χ2n) is 5.62. The molecule has 1 aliphatic heterocycles. The molecule has 1 unspecified atom stereocenters. The highest BCUT2D eigenvalue weighted by Crippen LogP contribution is 2.57. The fourth-order valence-electron chi connectivity index (χ4n) is 2.96. The van der Waals surface area contributed by atoms with Gasteiger partial charge in [0, 0.05) is 0 Å². The first-order chi connectivity index (χ1) is 12.4. The van der Waals surface area contributed by atoms with Gasteiger partial charge in [0.25, 0.3) is 5.79 Å². The molecule has 8 nitrogen and oxygen atoms in total. The third-order valence-corrected chi connectivity index (χ3v) is 4.17. The van der Waals surface area contributed by atoms with Gasteiger partial charge >= 0.3 is 0 Å². The first-order valence-corrected chi connectivity index (χ1v) is 7.64. The lowest BCUT2D eigenvalue weighted by Crippen LogP contribution is -2.49. The minimum atomic E-state index is -2.91. The number of fused-ring (bicyclic) bond motifs is 1. The van der Waals surface area contributed by atoms with Crippen molar-refractivity contribution in [1.29, 1.82) is 0 Å². The number of methoxy groups -OCH3 is 3. The number of phenols is 1. The van der Waals surface area contributed by atoms with Crippen LogP contribution in [-0.4, -0.2) is 48.2 Å². The first kappa shape index (κ1) is 17.8. The highest BCUT2D eigenvalue weighted by molar-refractivity contribution is 6.09. The van der Waals surface area contributed by atoms with E-state index >= 15 is 0 Å². The first-order valence-electron chi connectivity index (χ1n) is 7.64. The van der Waals surface area contributed by atoms with Gasteiger partial charge in [-0.3, -0.25) is 4.79 Å². The second kappa shape index (κ2) is 6.40. The number of carbonyl (C=O) groups is 1. The van der Waals surface area contributed by atoms with Crippen molar-refractivity contribution in [2.45, 2.75) is 11.9 Å². The summed E-state index contributed by atoms with van der Waals surface area (Å²) in [6.45, 7) is 0. The van der Waals surface area contributed by atoms with Gasteiger partial charge in [0.15, 0.2) is 17.6 Å². The predicted molar refractivity (Wildman–Crippen MR) is 89.1 cm³/mol. The molecule has 3 N–H and O–H groups in total. The van der Waals surface area contributed by atoms with Crippen molar-refractivity contribution in [3.8, 4) is 28.7 Å². The number of ether oxygens (including phenoxy) is 4. The molecule has 1 heterocycles. The van der Waals surface area contributed by atoms with Crippen LogP contribution in [0.2, 0.25) is 0 Å². The minimum Gasteiger partial charge on any atom is -0.504 e. The average Bonchev–Trinajstić information content (AvgIpc) is 2.64. The lowest BCUT2D eigenvalue weighted by atomic mass is 9.89. The lowest BCUT2D eigenvalue weighted by molar-refractivity contribution is -0.186. The highest BCUT2D eigenvalue weighted by atomic mass is 16.6. The molecule has 0 fully saturated rings. The molecule has 8 heteroatoms. The zero-order valence-electron chi connectivity index (χ0n) is 14.3. The van der Waals surface area contributed by atoms with Crippen molar-refractivity contribution < 1.29 is 39.1 Å². The molecule has 2 aromatic rings. The number of rotatable bonds is 4. The fourth-order valence-corrected chi connectivity index (χ4v) is 2.96. The summed E-state index contributed by atoms with van der Waals surface area (Å²) in [6.07, 6.45) is -1.44. The Kier molecular flexibility index (Phi) is 4.39. The second-order valence-corrected chi connectivity index (χ2v) is 5.62. The van der Waals surface area contributed by atoms with E-state index in [9.17, 15) is 20.1 Å². The largest absolute Gasteiger partial charge is 0.504 e. The minimum absolute atomic E-state index is 0.00856. The molecule has 1 aliphatic rings. The fraction of sp³-hybridized carbons (Fsp3) is 0.278. The van der Waals surface area contributed by atoms with E-state index in [0.29, 0.717) is 5.56 Å². The van der Waals surface area contributed by atoms with Crippen molar-refractivity contribution in [3.63, 3.8) is 0 Å². The summed E-state index contributed by atoms with van der Waals surface area (Å²) in [7, 11) is 3.91. The number of phenolic OH excluding ortho intramolecular Hbond substituents is 1. The maximum atomic E-state index is 12.8. The van der Waals surface area contributed by atoms with E-state index in [2.05, 4.69) is 0 Å². The smallest absolute Gasteiger partial charge is 0.271 e. The van der Waals surface area contributed by atoms with E-state index in [1.54, 1.807) is 30.3 Å². The highest BCUT2D eigenvalue weighted by Gasteiger charge is 2.53. The van der Waals surface area contributed by atoms with Gasteiger partial charge < -0.3 is 34.3 Å². The number of hydrogen-bond donors (Lipinski definition) is 3. The van der Waals surface area contributed by atoms with Crippen molar-refractivity contribution in [2.24, 2.45) is 0 Å². The van der Waals surface area contributed by atoms with Crippen LogP contribution < -0.4 is 18.9 Å². The molecule has 0 saturated heterocycles. The molecule has 2 aromatic carbocycles. The SMILES string of the molecule is COc1c(O)c2c(c(OC)c1OC)OC(c1ccccc1)C(O)(O)C2=O. The molecule has 1 atom stereocenters. The molecular weight excluding hydrogens is 344 g/mol. The molecule has 0 amide bonds. The van der Waals surface area contributed by atoms with E-state index in [1.807, 2.05) is 0 Å². The van der Waals surface area contributed by atoms with E-state index in [-0.39, 0.29) is 23.0 Å². The molecular formula is C18H18O8. The van der Waals surface area contributed by atoms with Crippen LogP contribution in [0.3, 0.4) is 0 Å². The number of aromatic hydroxyl groups is 1. The summed E-state index contributed by atoms with van der Waals surface area (Å²) in [5.74, 6) is -5.05. The Morgan fingerprint density at radius 2 is 1.54 bits per heavy atom. The van der Waals surface area contributed by atoms with Gasteiger partial charge in [0.05, 0.1) is 21.3 Å². The van der Waals surface area contributed by atoms with Crippen molar-refractivity contribution in [2.75, 3.05) is 21.3 Å². The Bertz CT molecular complexity index is 844. The molecule has 0 aromatic heterocycles. The standard InChI is InChI=1S/C18H18O8/c1-23-13-11(19)10-12(14(24-2)15(13)25-3)26-17(18(21,22)16(10)20)9-7-5-4-6-8-9/h4-8,17,19,21-22H,1-3H3. The number of hydrogen-bond acceptors (Lipinski definition) is 8. The topological polar surface area (TPSA) is 115 Å². The molecule has 138 valence electrons. The maximum absolute atomic E-state index is 12.8. The number of ketones is 1. The summed E-state index contributed by atoms with van der Waals surface area (Å²) in [5, 5.41) is 31.3. The number of Topliss-reactive ketones (excluding diaryl/α,β-unsaturated/α-hetero) is 1. The van der Waals surface area contributed by atoms with Gasteiger partial charge in [-0.1, -0.05) is 30.3 Å². The quantitative estimate of drug-likeness (QED) is 0.700. The van der Waals surface area contributed by atoms with Crippen LogP contribution in [0.25, 0.3) is 0 Å². The molecule has 3 rings (SSSR count). The molecule has 0 saturated carbocycles. The monoisotopic (exact) mass is 362 g/mol. The molecule has 0 bridgehead atoms. The van der Waals surface area contributed by atoms with Gasteiger partial charge in [0.1, 0.15) is 5.56 Å². The number of carbonyl (C=O) groups excluding carboxylic acids is 1. The Balaban J connectivity index is 2.30.